The van der Waals surface area contributed by atoms with Gasteiger partial charge in [-0.2, -0.15) is 23.5 Å². The van der Waals surface area contributed by atoms with E-state index in [4.69, 9.17) is 0 Å². The van der Waals surface area contributed by atoms with E-state index in [-0.39, 0.29) is 5.91 Å². The maximum Gasteiger partial charge on any atom is 0.234 e. The second kappa shape index (κ2) is 7.96. The summed E-state index contributed by atoms with van der Waals surface area (Å²) in [7, 11) is 0. The maximum absolute atomic E-state index is 11.7. The van der Waals surface area contributed by atoms with Gasteiger partial charge in [0.1, 0.15) is 0 Å². The summed E-state index contributed by atoms with van der Waals surface area (Å²) in [5.74, 6) is 3.03. The average molecular weight is 310 g/mol. The molecule has 0 radical (unpaired) electrons. The number of thioether (sulfide) groups is 2. The molecule has 1 saturated heterocycles. The molecule has 1 N–H and O–H groups in total. The molecule has 0 unspecified atom stereocenters. The van der Waals surface area contributed by atoms with E-state index in [2.05, 4.69) is 23.2 Å². The van der Waals surface area contributed by atoms with E-state index in [9.17, 15) is 4.79 Å². The average Bonchev–Trinajstić information content (AvgIpc) is 2.45. The molecule has 20 heavy (non-hydrogen) atoms. The van der Waals surface area contributed by atoms with Crippen molar-refractivity contribution in [3.8, 4) is 0 Å². The normalized spacial score (nSPS) is 16.1. The lowest BCUT2D eigenvalue weighted by Crippen LogP contribution is -2.32. The van der Waals surface area contributed by atoms with Gasteiger partial charge in [0.25, 0.3) is 0 Å². The van der Waals surface area contributed by atoms with Crippen molar-refractivity contribution in [2.75, 3.05) is 41.9 Å². The Bertz CT molecular complexity index is 459. The molecule has 1 aromatic carbocycles. The summed E-state index contributed by atoms with van der Waals surface area (Å²) in [4.78, 5) is 14.2. The number of nitrogens with zero attached hydrogens (tertiary/aromatic N) is 1. The first kappa shape index (κ1) is 15.7. The molecule has 1 fully saturated rings. The van der Waals surface area contributed by atoms with Crippen molar-refractivity contribution in [3.05, 3.63) is 29.3 Å². The fraction of sp³-hybridized carbons (Fsp3) is 0.533. The SMILES string of the molecule is CSCC(=O)Nc1cccc(CN2CCSCC2)c1C. The quantitative estimate of drug-likeness (QED) is 0.906. The molecule has 0 aromatic heterocycles. The minimum atomic E-state index is 0.0760. The number of benzene rings is 1. The monoisotopic (exact) mass is 310 g/mol. The number of hydrogen-bond acceptors (Lipinski definition) is 4. The molecule has 0 atom stereocenters. The molecule has 1 aliphatic rings. The molecule has 1 amide bonds. The van der Waals surface area contributed by atoms with Crippen molar-refractivity contribution < 1.29 is 4.79 Å². The Balaban J connectivity index is 2.04. The van der Waals surface area contributed by atoms with Gasteiger partial charge in [0.15, 0.2) is 0 Å². The molecular weight excluding hydrogens is 288 g/mol. The molecule has 0 bridgehead atoms. The first-order chi connectivity index (χ1) is 9.70. The van der Waals surface area contributed by atoms with Crippen LogP contribution in [0.3, 0.4) is 0 Å². The number of hydrogen-bond donors (Lipinski definition) is 1. The zero-order valence-electron chi connectivity index (χ0n) is 12.1. The third-order valence-electron chi connectivity index (χ3n) is 3.49. The molecule has 0 saturated carbocycles. The van der Waals surface area contributed by atoms with Crippen LogP contribution in [0.5, 0.6) is 0 Å². The Morgan fingerprint density at radius 1 is 1.40 bits per heavy atom. The van der Waals surface area contributed by atoms with Gasteiger partial charge in [0.05, 0.1) is 5.75 Å². The number of amides is 1. The van der Waals surface area contributed by atoms with Crippen molar-refractivity contribution in [2.24, 2.45) is 0 Å². The summed E-state index contributed by atoms with van der Waals surface area (Å²) in [6, 6.07) is 6.19. The van der Waals surface area contributed by atoms with Crippen LogP contribution >= 0.6 is 23.5 Å². The van der Waals surface area contributed by atoms with Gasteiger partial charge in [-0.15, -0.1) is 0 Å². The number of rotatable bonds is 5. The Morgan fingerprint density at radius 3 is 2.85 bits per heavy atom. The van der Waals surface area contributed by atoms with Crippen LogP contribution in [0.15, 0.2) is 18.2 Å². The van der Waals surface area contributed by atoms with E-state index in [0.717, 1.165) is 25.3 Å². The van der Waals surface area contributed by atoms with Gasteiger partial charge < -0.3 is 5.32 Å². The van der Waals surface area contributed by atoms with Gasteiger partial charge in [0, 0.05) is 36.8 Å². The van der Waals surface area contributed by atoms with Crippen LogP contribution in [-0.4, -0.2) is 47.4 Å². The summed E-state index contributed by atoms with van der Waals surface area (Å²) in [5.41, 5.74) is 3.46. The highest BCUT2D eigenvalue weighted by Crippen LogP contribution is 2.22. The van der Waals surface area contributed by atoms with E-state index in [0.29, 0.717) is 5.75 Å². The number of nitrogens with one attached hydrogen (secondary N) is 1. The van der Waals surface area contributed by atoms with Gasteiger partial charge in [-0.25, -0.2) is 0 Å². The van der Waals surface area contributed by atoms with Crippen molar-refractivity contribution in [3.63, 3.8) is 0 Å². The number of carbonyl (C=O) groups is 1. The van der Waals surface area contributed by atoms with Crippen LogP contribution in [0.1, 0.15) is 11.1 Å². The summed E-state index contributed by atoms with van der Waals surface area (Å²) in [6.07, 6.45) is 1.94. The largest absolute Gasteiger partial charge is 0.325 e. The Morgan fingerprint density at radius 2 is 2.15 bits per heavy atom. The van der Waals surface area contributed by atoms with E-state index in [1.54, 1.807) is 11.8 Å². The topological polar surface area (TPSA) is 32.3 Å². The van der Waals surface area contributed by atoms with Gasteiger partial charge in [-0.3, -0.25) is 9.69 Å². The Hall–Kier alpha value is -0.650. The lowest BCUT2D eigenvalue weighted by molar-refractivity contribution is -0.113. The number of carbonyl (C=O) groups excluding carboxylic acids is 1. The summed E-state index contributed by atoms with van der Waals surface area (Å²) >= 11 is 3.57. The van der Waals surface area contributed by atoms with Crippen LogP contribution in [0.2, 0.25) is 0 Å². The molecule has 0 spiro atoms. The van der Waals surface area contributed by atoms with Crippen LogP contribution in [0, 0.1) is 6.92 Å². The van der Waals surface area contributed by atoms with E-state index >= 15 is 0 Å². The Labute approximate surface area is 129 Å². The van der Waals surface area contributed by atoms with Crippen molar-refractivity contribution in [1.82, 2.24) is 4.90 Å². The van der Waals surface area contributed by atoms with Crippen LogP contribution in [-0.2, 0) is 11.3 Å². The number of anilines is 1. The first-order valence-corrected chi connectivity index (χ1v) is 9.43. The van der Waals surface area contributed by atoms with Gasteiger partial charge in [-0.1, -0.05) is 12.1 Å². The molecule has 110 valence electrons. The fourth-order valence-corrected chi connectivity index (χ4v) is 3.62. The van der Waals surface area contributed by atoms with Gasteiger partial charge in [0.2, 0.25) is 5.91 Å². The van der Waals surface area contributed by atoms with Crippen LogP contribution in [0.25, 0.3) is 0 Å². The first-order valence-electron chi connectivity index (χ1n) is 6.88. The second-order valence-electron chi connectivity index (χ2n) is 4.96. The molecule has 1 aromatic rings. The third kappa shape index (κ3) is 4.43. The summed E-state index contributed by atoms with van der Waals surface area (Å²) < 4.78 is 0. The highest BCUT2D eigenvalue weighted by molar-refractivity contribution is 7.99. The van der Waals surface area contributed by atoms with Gasteiger partial charge in [-0.05, 0) is 30.4 Å². The lowest BCUT2D eigenvalue weighted by Gasteiger charge is -2.27. The highest BCUT2D eigenvalue weighted by Gasteiger charge is 2.13. The summed E-state index contributed by atoms with van der Waals surface area (Å²) in [6.45, 7) is 5.40. The molecule has 2 rings (SSSR count). The van der Waals surface area contributed by atoms with E-state index in [1.165, 1.54) is 22.6 Å². The Kier molecular flexibility index (Phi) is 6.26. The molecule has 5 heteroatoms. The highest BCUT2D eigenvalue weighted by atomic mass is 32.2. The van der Waals surface area contributed by atoms with E-state index in [1.807, 2.05) is 30.2 Å². The smallest absolute Gasteiger partial charge is 0.234 e. The molecule has 1 heterocycles. The minimum absolute atomic E-state index is 0.0760. The predicted octanol–water partition coefficient (Wildman–Crippen LogP) is 2.85. The standard InChI is InChI=1S/C15H22N2OS2/c1-12-13(10-17-6-8-20-9-7-17)4-3-5-14(12)16-15(18)11-19-2/h3-5H,6-11H2,1-2H3,(H,16,18). The van der Waals surface area contributed by atoms with Crippen LogP contribution < -0.4 is 5.32 Å². The van der Waals surface area contributed by atoms with Crippen molar-refractivity contribution >= 4 is 35.1 Å². The zero-order chi connectivity index (χ0) is 14.4. The lowest BCUT2D eigenvalue weighted by atomic mass is 10.1. The molecule has 3 nitrogen and oxygen atoms in total. The maximum atomic E-state index is 11.7. The molecule has 0 aliphatic carbocycles. The van der Waals surface area contributed by atoms with Gasteiger partial charge >= 0.3 is 0 Å². The molecular formula is C15H22N2OS2. The second-order valence-corrected chi connectivity index (χ2v) is 7.05. The predicted molar refractivity (Wildman–Crippen MR) is 90.8 cm³/mol. The zero-order valence-corrected chi connectivity index (χ0v) is 13.8. The summed E-state index contributed by atoms with van der Waals surface area (Å²) in [5, 5.41) is 3.01. The fourth-order valence-electron chi connectivity index (χ4n) is 2.31. The molecule has 1 aliphatic heterocycles. The van der Waals surface area contributed by atoms with Crippen LogP contribution in [0.4, 0.5) is 5.69 Å². The third-order valence-corrected chi connectivity index (χ3v) is 4.99. The van der Waals surface area contributed by atoms with Crippen molar-refractivity contribution in [2.45, 2.75) is 13.5 Å². The minimum Gasteiger partial charge on any atom is -0.325 e. The van der Waals surface area contributed by atoms with Crippen molar-refractivity contribution in [1.29, 1.82) is 0 Å². The van der Waals surface area contributed by atoms with E-state index < -0.39 is 0 Å².